The van der Waals surface area contributed by atoms with Gasteiger partial charge in [0.25, 0.3) is 0 Å². The minimum Gasteiger partial charge on any atom is -0.440 e. The van der Waals surface area contributed by atoms with Crippen molar-refractivity contribution < 1.29 is 4.74 Å². The average Bonchev–Trinajstić information content (AvgIpc) is 2.73. The van der Waals surface area contributed by atoms with Gasteiger partial charge in [0.2, 0.25) is 5.88 Å². The van der Waals surface area contributed by atoms with Crippen molar-refractivity contribution in [3.8, 4) is 6.07 Å². The lowest BCUT2D eigenvalue weighted by atomic mass is 9.77. The molecule has 2 aromatic carbocycles. The summed E-state index contributed by atoms with van der Waals surface area (Å²) in [5.41, 5.74) is 9.94. The van der Waals surface area contributed by atoms with Gasteiger partial charge in [0.1, 0.15) is 17.4 Å². The van der Waals surface area contributed by atoms with Gasteiger partial charge in [-0.1, -0.05) is 70.7 Å². The SMILES string of the molecule is N#CC1=C(N)OC2=C(CCC/C2=C/c2cccc(Cl)c2Cl)[C@H]1c1cccc(Cl)c1Cl. The third-order valence-electron chi connectivity index (χ3n) is 5.31. The average molecular weight is 478 g/mol. The molecule has 0 radical (unpaired) electrons. The summed E-state index contributed by atoms with van der Waals surface area (Å²) in [7, 11) is 0. The van der Waals surface area contributed by atoms with Gasteiger partial charge in [-0.3, -0.25) is 0 Å². The molecule has 0 spiro atoms. The molecule has 1 aliphatic heterocycles. The molecule has 3 nitrogen and oxygen atoms in total. The van der Waals surface area contributed by atoms with Crippen molar-refractivity contribution in [2.24, 2.45) is 5.73 Å². The fourth-order valence-electron chi connectivity index (χ4n) is 3.95. The van der Waals surface area contributed by atoms with E-state index < -0.39 is 5.92 Å². The first-order chi connectivity index (χ1) is 14.4. The second kappa shape index (κ2) is 8.57. The summed E-state index contributed by atoms with van der Waals surface area (Å²) in [5, 5.41) is 11.6. The van der Waals surface area contributed by atoms with E-state index in [4.69, 9.17) is 56.9 Å². The summed E-state index contributed by atoms with van der Waals surface area (Å²) in [6, 6.07) is 13.1. The lowest BCUT2D eigenvalue weighted by Crippen LogP contribution is -2.24. The highest BCUT2D eigenvalue weighted by Gasteiger charge is 2.36. The van der Waals surface area contributed by atoms with Crippen LogP contribution >= 0.6 is 46.4 Å². The number of rotatable bonds is 2. The predicted octanol–water partition coefficient (Wildman–Crippen LogP) is 7.63. The van der Waals surface area contributed by atoms with Gasteiger partial charge < -0.3 is 10.5 Å². The summed E-state index contributed by atoms with van der Waals surface area (Å²) >= 11 is 25.3. The van der Waals surface area contributed by atoms with Crippen molar-refractivity contribution in [1.82, 2.24) is 0 Å². The minimum atomic E-state index is -0.413. The van der Waals surface area contributed by atoms with Gasteiger partial charge in [-0.05, 0) is 59.7 Å². The van der Waals surface area contributed by atoms with Crippen LogP contribution in [0.2, 0.25) is 20.1 Å². The molecule has 2 N–H and O–H groups in total. The number of nitrogens with zero attached hydrogens (tertiary/aromatic N) is 1. The molecule has 2 aromatic rings. The fraction of sp³-hybridized carbons (Fsp3) is 0.174. The first kappa shape index (κ1) is 21.2. The van der Waals surface area contributed by atoms with Crippen LogP contribution in [0, 0.1) is 11.3 Å². The number of nitriles is 1. The standard InChI is InChI=1S/C23H16Cl4N2O/c24-17-8-2-4-12(20(17)26)10-13-5-1-7-15-19(14-6-3-9-18(25)21(14)27)16(11-28)23(29)30-22(13)15/h2-4,6,8-10,19H,1,5,7,29H2/b13-10-/t19-/m1/s1. The maximum absolute atomic E-state index is 9.80. The van der Waals surface area contributed by atoms with Crippen LogP contribution in [-0.4, -0.2) is 0 Å². The second-order valence-electron chi connectivity index (χ2n) is 7.09. The number of ether oxygens (including phenoxy) is 1. The van der Waals surface area contributed by atoms with E-state index in [0.29, 0.717) is 31.4 Å². The van der Waals surface area contributed by atoms with E-state index in [1.807, 2.05) is 30.3 Å². The Morgan fingerprint density at radius 2 is 1.70 bits per heavy atom. The van der Waals surface area contributed by atoms with Gasteiger partial charge in [-0.15, -0.1) is 0 Å². The number of halogens is 4. The van der Waals surface area contributed by atoms with Crippen LogP contribution in [0.3, 0.4) is 0 Å². The third-order valence-corrected chi connectivity index (χ3v) is 6.98. The van der Waals surface area contributed by atoms with Crippen molar-refractivity contribution in [1.29, 1.82) is 5.26 Å². The van der Waals surface area contributed by atoms with Crippen molar-refractivity contribution in [3.05, 3.63) is 96.0 Å². The van der Waals surface area contributed by atoms with Gasteiger partial charge in [0, 0.05) is 0 Å². The lowest BCUT2D eigenvalue weighted by molar-refractivity contribution is 0.277. The summed E-state index contributed by atoms with van der Waals surface area (Å²) < 4.78 is 5.96. The van der Waals surface area contributed by atoms with Gasteiger partial charge >= 0.3 is 0 Å². The predicted molar refractivity (Wildman–Crippen MR) is 122 cm³/mol. The van der Waals surface area contributed by atoms with E-state index in [0.717, 1.165) is 41.5 Å². The highest BCUT2D eigenvalue weighted by Crippen LogP contribution is 2.49. The van der Waals surface area contributed by atoms with Crippen LogP contribution < -0.4 is 5.73 Å². The number of allylic oxidation sites excluding steroid dienone is 3. The van der Waals surface area contributed by atoms with Crippen LogP contribution in [0.1, 0.15) is 36.3 Å². The van der Waals surface area contributed by atoms with Crippen molar-refractivity contribution in [3.63, 3.8) is 0 Å². The highest BCUT2D eigenvalue weighted by atomic mass is 35.5. The Morgan fingerprint density at radius 1 is 1.00 bits per heavy atom. The number of hydrogen-bond acceptors (Lipinski definition) is 3. The fourth-order valence-corrected chi connectivity index (χ4v) is 4.73. The first-order valence-electron chi connectivity index (χ1n) is 9.31. The molecule has 1 aliphatic carbocycles. The Hall–Kier alpha value is -2.09. The Bertz CT molecular complexity index is 1170. The Kier molecular flexibility index (Phi) is 6.04. The van der Waals surface area contributed by atoms with E-state index in [2.05, 4.69) is 6.07 Å². The van der Waals surface area contributed by atoms with Crippen LogP contribution in [0.5, 0.6) is 0 Å². The first-order valence-corrected chi connectivity index (χ1v) is 10.8. The zero-order valence-electron chi connectivity index (χ0n) is 15.7. The lowest BCUT2D eigenvalue weighted by Gasteiger charge is -2.33. The summed E-state index contributed by atoms with van der Waals surface area (Å²) in [6.07, 6.45) is 4.39. The number of hydrogen-bond donors (Lipinski definition) is 1. The molecule has 1 heterocycles. The monoisotopic (exact) mass is 476 g/mol. The summed E-state index contributed by atoms with van der Waals surface area (Å²) in [6.45, 7) is 0. The Balaban J connectivity index is 1.90. The Labute approximate surface area is 194 Å². The van der Waals surface area contributed by atoms with E-state index in [1.165, 1.54) is 0 Å². The topological polar surface area (TPSA) is 59.0 Å². The molecule has 0 fully saturated rings. The third kappa shape index (κ3) is 3.70. The molecule has 0 unspecified atom stereocenters. The Morgan fingerprint density at radius 3 is 2.43 bits per heavy atom. The van der Waals surface area contributed by atoms with Gasteiger partial charge in [0.05, 0.1) is 26.0 Å². The molecule has 30 heavy (non-hydrogen) atoms. The zero-order valence-corrected chi connectivity index (χ0v) is 18.7. The van der Waals surface area contributed by atoms with Crippen LogP contribution in [0.4, 0.5) is 0 Å². The molecule has 0 amide bonds. The van der Waals surface area contributed by atoms with E-state index >= 15 is 0 Å². The molecule has 152 valence electrons. The van der Waals surface area contributed by atoms with Crippen molar-refractivity contribution in [2.75, 3.05) is 0 Å². The number of benzene rings is 2. The molecule has 0 saturated heterocycles. The quantitative estimate of drug-likeness (QED) is 0.483. The molecule has 0 bridgehead atoms. The van der Waals surface area contributed by atoms with Crippen LogP contribution in [0.15, 0.2) is 64.8 Å². The normalized spacial score (nSPS) is 20.1. The van der Waals surface area contributed by atoms with Crippen molar-refractivity contribution in [2.45, 2.75) is 25.2 Å². The maximum Gasteiger partial charge on any atom is 0.205 e. The molecule has 1 atom stereocenters. The van der Waals surface area contributed by atoms with Crippen LogP contribution in [0.25, 0.3) is 6.08 Å². The molecule has 7 heteroatoms. The molecular formula is C23H16Cl4N2O. The number of nitrogens with two attached hydrogens (primary N) is 1. The molecule has 0 saturated carbocycles. The highest BCUT2D eigenvalue weighted by molar-refractivity contribution is 6.43. The van der Waals surface area contributed by atoms with Gasteiger partial charge in [0.15, 0.2) is 0 Å². The van der Waals surface area contributed by atoms with E-state index in [9.17, 15) is 5.26 Å². The van der Waals surface area contributed by atoms with Crippen LogP contribution in [-0.2, 0) is 4.74 Å². The smallest absolute Gasteiger partial charge is 0.205 e. The van der Waals surface area contributed by atoms with Gasteiger partial charge in [-0.25, -0.2) is 0 Å². The molecule has 0 aromatic heterocycles. The van der Waals surface area contributed by atoms with Crippen molar-refractivity contribution >= 4 is 52.5 Å². The van der Waals surface area contributed by atoms with Gasteiger partial charge in [-0.2, -0.15) is 5.26 Å². The molecular weight excluding hydrogens is 462 g/mol. The molecule has 4 rings (SSSR count). The summed E-state index contributed by atoms with van der Waals surface area (Å²) in [5.74, 6) is 0.320. The summed E-state index contributed by atoms with van der Waals surface area (Å²) in [4.78, 5) is 0. The largest absolute Gasteiger partial charge is 0.440 e. The second-order valence-corrected chi connectivity index (χ2v) is 8.66. The maximum atomic E-state index is 9.80. The van der Waals surface area contributed by atoms with E-state index in [1.54, 1.807) is 12.1 Å². The minimum absolute atomic E-state index is 0.0716. The molecule has 2 aliphatic rings. The zero-order chi connectivity index (χ0) is 21.4. The van der Waals surface area contributed by atoms with E-state index in [-0.39, 0.29) is 5.88 Å².